The molecule has 5 rings (SSSR count). The summed E-state index contributed by atoms with van der Waals surface area (Å²) in [6, 6.07) is 17.8. The summed E-state index contributed by atoms with van der Waals surface area (Å²) in [5.41, 5.74) is -1.77. The first-order valence-electron chi connectivity index (χ1n) is 13.4. The van der Waals surface area contributed by atoms with E-state index >= 15 is 0 Å². The largest absolute Gasteiger partial charge is 0.462 e. The summed E-state index contributed by atoms with van der Waals surface area (Å²) in [6.45, 7) is 9.45. The van der Waals surface area contributed by atoms with Gasteiger partial charge in [0, 0.05) is 12.8 Å². The number of carbonyl (C=O) groups is 3. The highest BCUT2D eigenvalue weighted by Crippen LogP contribution is 2.67. The topological polar surface area (TPSA) is 88.1 Å². The molecule has 3 aliphatic rings. The second kappa shape index (κ2) is 9.53. The Balaban J connectivity index is 1.60. The molecule has 7 atom stereocenters. The molecule has 2 bridgehead atoms. The number of hydrogen-bond donors (Lipinski definition) is 0. The van der Waals surface area contributed by atoms with Crippen molar-refractivity contribution in [2.45, 2.75) is 83.4 Å². The molecule has 1 heterocycles. The van der Waals surface area contributed by atoms with Gasteiger partial charge in [-0.1, -0.05) is 43.3 Å². The Bertz CT molecular complexity index is 1210. The fourth-order valence-electron chi connectivity index (χ4n) is 7.32. The van der Waals surface area contributed by atoms with E-state index < -0.39 is 52.8 Å². The number of benzene rings is 2. The minimum Gasteiger partial charge on any atom is -0.462 e. The molecule has 0 unspecified atom stereocenters. The molecule has 0 N–H and O–H groups in total. The summed E-state index contributed by atoms with van der Waals surface area (Å²) in [4.78, 5) is 39.0. The molecular formula is C31H36O7. The van der Waals surface area contributed by atoms with Crippen molar-refractivity contribution < 1.29 is 33.3 Å². The van der Waals surface area contributed by atoms with Gasteiger partial charge in [-0.25, -0.2) is 9.59 Å². The monoisotopic (exact) mass is 520 g/mol. The Morgan fingerprint density at radius 1 is 0.789 bits per heavy atom. The highest BCUT2D eigenvalue weighted by atomic mass is 16.6. The van der Waals surface area contributed by atoms with Crippen LogP contribution in [0.1, 0.15) is 74.6 Å². The maximum absolute atomic E-state index is 13.4. The van der Waals surface area contributed by atoms with E-state index in [2.05, 4.69) is 6.92 Å². The van der Waals surface area contributed by atoms with E-state index in [0.717, 1.165) is 0 Å². The zero-order chi connectivity index (χ0) is 27.3. The molecule has 2 aromatic rings. The van der Waals surface area contributed by atoms with E-state index in [1.54, 1.807) is 48.5 Å². The number of ether oxygens (including phenoxy) is 4. The first kappa shape index (κ1) is 26.4. The van der Waals surface area contributed by atoms with Gasteiger partial charge in [0.2, 0.25) is 0 Å². The minimum absolute atomic E-state index is 0.0598. The molecule has 1 saturated heterocycles. The summed E-state index contributed by atoms with van der Waals surface area (Å²) >= 11 is 0. The van der Waals surface area contributed by atoms with Gasteiger partial charge in [-0.3, -0.25) is 4.79 Å². The van der Waals surface area contributed by atoms with Crippen LogP contribution in [0, 0.1) is 17.3 Å². The number of esters is 3. The van der Waals surface area contributed by atoms with Crippen LogP contribution in [0.2, 0.25) is 0 Å². The molecule has 0 radical (unpaired) electrons. The third-order valence-corrected chi connectivity index (χ3v) is 9.17. The van der Waals surface area contributed by atoms with Crippen LogP contribution in [-0.4, -0.2) is 47.4 Å². The van der Waals surface area contributed by atoms with Crippen molar-refractivity contribution in [2.75, 3.05) is 0 Å². The van der Waals surface area contributed by atoms with Gasteiger partial charge in [-0.2, -0.15) is 0 Å². The second-order valence-corrected chi connectivity index (χ2v) is 11.7. The fraction of sp³-hybridized carbons (Fsp3) is 0.516. The molecule has 2 aliphatic carbocycles. The van der Waals surface area contributed by atoms with E-state index in [1.165, 1.54) is 6.92 Å². The van der Waals surface area contributed by atoms with E-state index in [9.17, 15) is 14.4 Å². The molecule has 202 valence electrons. The molecule has 7 heteroatoms. The van der Waals surface area contributed by atoms with Crippen LogP contribution in [-0.2, 0) is 23.7 Å². The fourth-order valence-corrected chi connectivity index (χ4v) is 7.32. The summed E-state index contributed by atoms with van der Waals surface area (Å²) in [6.07, 6.45) is -0.140. The van der Waals surface area contributed by atoms with Crippen LogP contribution in [0.5, 0.6) is 0 Å². The predicted octanol–water partition coefficient (Wildman–Crippen LogP) is 5.37. The zero-order valence-corrected chi connectivity index (χ0v) is 22.6. The van der Waals surface area contributed by atoms with Crippen LogP contribution >= 0.6 is 0 Å². The average Bonchev–Trinajstić information content (AvgIpc) is 3.07. The lowest BCUT2D eigenvalue weighted by atomic mass is 9.49. The van der Waals surface area contributed by atoms with Crippen molar-refractivity contribution in [1.29, 1.82) is 0 Å². The van der Waals surface area contributed by atoms with E-state index in [-0.39, 0.29) is 11.8 Å². The first-order chi connectivity index (χ1) is 18.0. The molecular weight excluding hydrogens is 484 g/mol. The van der Waals surface area contributed by atoms with E-state index in [4.69, 9.17) is 18.9 Å². The summed E-state index contributed by atoms with van der Waals surface area (Å²) < 4.78 is 25.5. The van der Waals surface area contributed by atoms with Gasteiger partial charge in [0.25, 0.3) is 0 Å². The van der Waals surface area contributed by atoms with Crippen molar-refractivity contribution in [2.24, 2.45) is 17.3 Å². The maximum Gasteiger partial charge on any atom is 0.338 e. The van der Waals surface area contributed by atoms with Crippen molar-refractivity contribution in [1.82, 2.24) is 0 Å². The summed E-state index contributed by atoms with van der Waals surface area (Å²) in [7, 11) is 0. The van der Waals surface area contributed by atoms with Gasteiger partial charge >= 0.3 is 17.9 Å². The molecule has 3 fully saturated rings. The molecule has 2 aromatic carbocycles. The number of carbonyl (C=O) groups excluding carboxylic acids is 3. The van der Waals surface area contributed by atoms with Gasteiger partial charge in [0.05, 0.1) is 22.1 Å². The Kier molecular flexibility index (Phi) is 6.62. The molecule has 7 nitrogen and oxygen atoms in total. The van der Waals surface area contributed by atoms with Crippen LogP contribution in [0.25, 0.3) is 0 Å². The summed E-state index contributed by atoms with van der Waals surface area (Å²) in [5.74, 6) is -1.56. The normalized spacial score (nSPS) is 35.0. The Hall–Kier alpha value is -3.19. The lowest BCUT2D eigenvalue weighted by molar-refractivity contribution is -0.282. The van der Waals surface area contributed by atoms with E-state index in [0.29, 0.717) is 30.4 Å². The molecule has 0 aromatic heterocycles. The van der Waals surface area contributed by atoms with Crippen LogP contribution in [0.4, 0.5) is 0 Å². The van der Waals surface area contributed by atoms with Gasteiger partial charge in [0.1, 0.15) is 23.9 Å². The van der Waals surface area contributed by atoms with Gasteiger partial charge in [0.15, 0.2) is 0 Å². The van der Waals surface area contributed by atoms with Gasteiger partial charge in [-0.15, -0.1) is 0 Å². The lowest BCUT2D eigenvalue weighted by Crippen LogP contribution is -2.73. The SMILES string of the molecule is CC(=O)O[C@H]1C[C@@H]2[C@H](OC(=O)c3ccccc3)[C@]3(OC2(C)C)[C@H](C)CC[C@H](OC(=O)c2ccccc2)[C@@]13C. The lowest BCUT2D eigenvalue weighted by Gasteiger charge is -2.61. The number of hydrogen-bond acceptors (Lipinski definition) is 7. The maximum atomic E-state index is 13.4. The van der Waals surface area contributed by atoms with E-state index in [1.807, 2.05) is 32.9 Å². The average molecular weight is 521 g/mol. The Morgan fingerprint density at radius 3 is 1.89 bits per heavy atom. The van der Waals surface area contributed by atoms with Crippen molar-refractivity contribution in [3.8, 4) is 0 Å². The molecule has 2 saturated carbocycles. The third kappa shape index (κ3) is 4.03. The van der Waals surface area contributed by atoms with Gasteiger partial charge in [-0.05, 0) is 70.2 Å². The van der Waals surface area contributed by atoms with Crippen molar-refractivity contribution in [3.63, 3.8) is 0 Å². The van der Waals surface area contributed by atoms with Crippen LogP contribution in [0.3, 0.4) is 0 Å². The highest BCUT2D eigenvalue weighted by molar-refractivity contribution is 5.90. The standard InChI is InChI=1S/C31H36O7/c1-19-16-17-24(36-27(33)21-12-8-6-9-13-21)30(5)25(35-20(2)32)18-23-26(31(19,30)38-29(23,3)4)37-28(34)22-14-10-7-11-15-22/h6-15,19,23-26H,16-18H2,1-5H3/t19-,23-,24+,25+,26+,30+,31-/m1/s1. The Morgan fingerprint density at radius 2 is 1.34 bits per heavy atom. The molecule has 1 spiro atoms. The zero-order valence-electron chi connectivity index (χ0n) is 22.6. The highest BCUT2D eigenvalue weighted by Gasteiger charge is 2.79. The van der Waals surface area contributed by atoms with Gasteiger partial charge < -0.3 is 18.9 Å². The minimum atomic E-state index is -1.04. The van der Waals surface area contributed by atoms with Crippen molar-refractivity contribution >= 4 is 17.9 Å². The number of fused-ring (bicyclic) bond motifs is 1. The molecule has 1 aliphatic heterocycles. The first-order valence-corrected chi connectivity index (χ1v) is 13.4. The van der Waals surface area contributed by atoms with Crippen molar-refractivity contribution in [3.05, 3.63) is 71.8 Å². The summed E-state index contributed by atoms with van der Waals surface area (Å²) in [5, 5.41) is 0. The Labute approximate surface area is 223 Å². The van der Waals surface area contributed by atoms with Crippen LogP contribution < -0.4 is 0 Å². The number of rotatable bonds is 5. The second-order valence-electron chi connectivity index (χ2n) is 11.7. The molecule has 0 amide bonds. The van der Waals surface area contributed by atoms with Crippen LogP contribution in [0.15, 0.2) is 60.7 Å². The third-order valence-electron chi connectivity index (χ3n) is 9.17. The quantitative estimate of drug-likeness (QED) is 0.387. The predicted molar refractivity (Wildman–Crippen MR) is 139 cm³/mol. The smallest absolute Gasteiger partial charge is 0.338 e. The molecule has 38 heavy (non-hydrogen) atoms.